The molecule has 1 saturated heterocycles. The second-order valence-corrected chi connectivity index (χ2v) is 8.37. The fourth-order valence-corrected chi connectivity index (χ4v) is 4.84. The highest BCUT2D eigenvalue weighted by atomic mass is 32.2. The van der Waals surface area contributed by atoms with E-state index in [1.54, 1.807) is 10.4 Å². The van der Waals surface area contributed by atoms with Crippen molar-refractivity contribution in [3.05, 3.63) is 23.9 Å². The molecule has 2 aliphatic rings. The number of hydrogen-bond donors (Lipinski definition) is 1. The van der Waals surface area contributed by atoms with Gasteiger partial charge in [0, 0.05) is 37.9 Å². The van der Waals surface area contributed by atoms with Crippen LogP contribution in [0.4, 0.5) is 5.82 Å². The first-order valence-corrected chi connectivity index (χ1v) is 10.5. The van der Waals surface area contributed by atoms with Crippen molar-refractivity contribution in [2.24, 2.45) is 0 Å². The summed E-state index contributed by atoms with van der Waals surface area (Å²) in [6, 6.07) is 6.10. The molecule has 3 rings (SSSR count). The Hall–Kier alpha value is -1.18. The van der Waals surface area contributed by atoms with Crippen molar-refractivity contribution >= 4 is 16.0 Å². The first-order valence-electron chi connectivity index (χ1n) is 9.06. The van der Waals surface area contributed by atoms with Crippen LogP contribution in [0.2, 0.25) is 0 Å². The second kappa shape index (κ2) is 7.80. The molecule has 2 fully saturated rings. The molecular formula is C17H28N4O2S. The summed E-state index contributed by atoms with van der Waals surface area (Å²) >= 11 is 0. The molecule has 6 nitrogen and oxygen atoms in total. The molecule has 24 heavy (non-hydrogen) atoms. The average molecular weight is 353 g/mol. The smallest absolute Gasteiger partial charge is 0.298 e. The third-order valence-corrected chi connectivity index (χ3v) is 6.62. The highest BCUT2D eigenvalue weighted by Gasteiger charge is 2.30. The van der Waals surface area contributed by atoms with E-state index in [4.69, 9.17) is 0 Å². The summed E-state index contributed by atoms with van der Waals surface area (Å²) in [5.41, 5.74) is 0.886. The number of nitrogens with one attached hydrogen (secondary N) is 1. The Kier molecular flexibility index (Phi) is 5.73. The number of rotatable bonds is 5. The van der Waals surface area contributed by atoms with Crippen molar-refractivity contribution < 1.29 is 8.42 Å². The van der Waals surface area contributed by atoms with E-state index in [2.05, 4.69) is 14.6 Å². The van der Waals surface area contributed by atoms with Gasteiger partial charge in [0.1, 0.15) is 5.82 Å². The Morgan fingerprint density at radius 1 is 1.12 bits per heavy atom. The van der Waals surface area contributed by atoms with Crippen LogP contribution >= 0.6 is 0 Å². The van der Waals surface area contributed by atoms with E-state index in [1.807, 2.05) is 19.1 Å². The topological polar surface area (TPSA) is 65.5 Å². The minimum Gasteiger partial charge on any atom is -0.298 e. The predicted octanol–water partition coefficient (Wildman–Crippen LogP) is 2.25. The van der Waals surface area contributed by atoms with E-state index in [1.165, 1.54) is 32.1 Å². The van der Waals surface area contributed by atoms with E-state index in [-0.39, 0.29) is 0 Å². The van der Waals surface area contributed by atoms with Crippen LogP contribution in [-0.4, -0.2) is 54.8 Å². The summed E-state index contributed by atoms with van der Waals surface area (Å²) in [7, 11) is -3.52. The van der Waals surface area contributed by atoms with Gasteiger partial charge in [0.15, 0.2) is 0 Å². The van der Waals surface area contributed by atoms with E-state index >= 15 is 0 Å². The van der Waals surface area contributed by atoms with Crippen molar-refractivity contribution in [3.63, 3.8) is 0 Å². The summed E-state index contributed by atoms with van der Waals surface area (Å²) in [5.74, 6) is 0.407. The molecule has 0 amide bonds. The minimum atomic E-state index is -3.52. The summed E-state index contributed by atoms with van der Waals surface area (Å²) in [5, 5.41) is 0. The normalized spacial score (nSPS) is 21.7. The van der Waals surface area contributed by atoms with Crippen LogP contribution in [0.25, 0.3) is 0 Å². The molecule has 1 aromatic heterocycles. The summed E-state index contributed by atoms with van der Waals surface area (Å²) in [6.45, 7) is 4.77. The fourth-order valence-electron chi connectivity index (χ4n) is 3.69. The molecule has 0 radical (unpaired) electrons. The van der Waals surface area contributed by atoms with Gasteiger partial charge in [-0.15, -0.1) is 0 Å². The summed E-state index contributed by atoms with van der Waals surface area (Å²) in [6.07, 6.45) is 7.28. The molecule has 134 valence electrons. The Morgan fingerprint density at radius 3 is 2.50 bits per heavy atom. The van der Waals surface area contributed by atoms with Gasteiger partial charge in [-0.25, -0.2) is 4.98 Å². The monoisotopic (exact) mass is 352 g/mol. The largest absolute Gasteiger partial charge is 0.302 e. The van der Waals surface area contributed by atoms with Crippen LogP contribution in [-0.2, 0) is 16.6 Å². The zero-order valence-electron chi connectivity index (χ0n) is 14.4. The lowest BCUT2D eigenvalue weighted by Gasteiger charge is -2.40. The zero-order valence-corrected chi connectivity index (χ0v) is 15.3. The number of anilines is 1. The Morgan fingerprint density at radius 2 is 1.83 bits per heavy atom. The van der Waals surface area contributed by atoms with Gasteiger partial charge in [-0.1, -0.05) is 32.3 Å². The summed E-state index contributed by atoms with van der Waals surface area (Å²) < 4.78 is 29.4. The zero-order chi connectivity index (χ0) is 17.0. The second-order valence-electron chi connectivity index (χ2n) is 6.70. The van der Waals surface area contributed by atoms with Gasteiger partial charge in [0.2, 0.25) is 0 Å². The molecule has 0 unspecified atom stereocenters. The number of aromatic nitrogens is 1. The van der Waals surface area contributed by atoms with Gasteiger partial charge in [-0.2, -0.15) is 12.7 Å². The van der Waals surface area contributed by atoms with Crippen LogP contribution in [0.5, 0.6) is 0 Å². The molecule has 1 N–H and O–H groups in total. The maximum atomic E-state index is 12.6. The number of piperazine rings is 1. The molecule has 2 heterocycles. The molecule has 1 aliphatic carbocycles. The molecule has 1 aliphatic heterocycles. The van der Waals surface area contributed by atoms with Crippen molar-refractivity contribution in [1.82, 2.24) is 14.2 Å². The van der Waals surface area contributed by atoms with E-state index in [0.29, 0.717) is 24.9 Å². The van der Waals surface area contributed by atoms with Crippen LogP contribution in [0, 0.1) is 0 Å². The van der Waals surface area contributed by atoms with Crippen molar-refractivity contribution in [3.8, 4) is 0 Å². The standard InChI is InChI=1S/C17H28N4O2S/c1-2-15-7-6-10-17(18-15)19-24(22,23)21-13-11-20(12-14-21)16-8-4-3-5-9-16/h6-7,10,16H,2-5,8-9,11-14H2,1H3,(H,18,19). The quantitative estimate of drug-likeness (QED) is 0.883. The first-order chi connectivity index (χ1) is 11.6. The van der Waals surface area contributed by atoms with Crippen molar-refractivity contribution in [2.75, 3.05) is 30.9 Å². The first kappa shape index (κ1) is 17.6. The number of pyridine rings is 1. The average Bonchev–Trinajstić information content (AvgIpc) is 2.62. The Labute approximate surface area is 145 Å². The molecule has 0 aromatic carbocycles. The van der Waals surface area contributed by atoms with Crippen LogP contribution in [0.1, 0.15) is 44.7 Å². The van der Waals surface area contributed by atoms with Crippen molar-refractivity contribution in [2.45, 2.75) is 51.5 Å². The summed E-state index contributed by atoms with van der Waals surface area (Å²) in [4.78, 5) is 6.81. The molecule has 1 saturated carbocycles. The fraction of sp³-hybridized carbons (Fsp3) is 0.706. The van der Waals surface area contributed by atoms with Crippen LogP contribution in [0.3, 0.4) is 0 Å². The van der Waals surface area contributed by atoms with E-state index in [9.17, 15) is 8.42 Å². The van der Waals surface area contributed by atoms with E-state index < -0.39 is 10.2 Å². The van der Waals surface area contributed by atoms with Gasteiger partial charge in [-0.05, 0) is 31.4 Å². The maximum absolute atomic E-state index is 12.6. The Balaban J connectivity index is 1.58. The van der Waals surface area contributed by atoms with Crippen molar-refractivity contribution in [1.29, 1.82) is 0 Å². The molecule has 1 aromatic rings. The minimum absolute atomic E-state index is 0.407. The Bertz CT molecular complexity index is 636. The van der Waals surface area contributed by atoms with Gasteiger partial charge < -0.3 is 0 Å². The molecule has 0 atom stereocenters. The van der Waals surface area contributed by atoms with Gasteiger partial charge in [0.25, 0.3) is 0 Å². The van der Waals surface area contributed by atoms with Crippen LogP contribution in [0.15, 0.2) is 18.2 Å². The number of nitrogens with zero attached hydrogens (tertiary/aromatic N) is 3. The van der Waals surface area contributed by atoms with Gasteiger partial charge in [-0.3, -0.25) is 9.62 Å². The molecule has 0 spiro atoms. The van der Waals surface area contributed by atoms with Gasteiger partial charge >= 0.3 is 10.2 Å². The number of aryl methyl sites for hydroxylation is 1. The molecule has 0 bridgehead atoms. The number of hydrogen-bond acceptors (Lipinski definition) is 4. The maximum Gasteiger partial charge on any atom is 0.302 e. The highest BCUT2D eigenvalue weighted by Crippen LogP contribution is 2.24. The molecular weight excluding hydrogens is 324 g/mol. The lowest BCUT2D eigenvalue weighted by Crippen LogP contribution is -2.53. The SMILES string of the molecule is CCc1cccc(NS(=O)(=O)N2CCN(C3CCCCC3)CC2)n1. The third-order valence-electron chi connectivity index (χ3n) is 5.11. The van der Waals surface area contributed by atoms with E-state index in [0.717, 1.165) is 25.2 Å². The lowest BCUT2D eigenvalue weighted by atomic mass is 9.94. The van der Waals surface area contributed by atoms with Gasteiger partial charge in [0.05, 0.1) is 0 Å². The highest BCUT2D eigenvalue weighted by molar-refractivity contribution is 7.90. The lowest BCUT2D eigenvalue weighted by molar-refractivity contribution is 0.111. The third kappa shape index (κ3) is 4.26. The van der Waals surface area contributed by atoms with Crippen LogP contribution < -0.4 is 4.72 Å². The predicted molar refractivity (Wildman–Crippen MR) is 96.2 cm³/mol. The molecule has 7 heteroatoms.